The minimum atomic E-state index is -0.0122. The predicted molar refractivity (Wildman–Crippen MR) is 88.3 cm³/mol. The first kappa shape index (κ1) is 14.9. The van der Waals surface area contributed by atoms with Crippen LogP contribution in [0.4, 0.5) is 0 Å². The van der Waals surface area contributed by atoms with E-state index in [1.54, 1.807) is 11.8 Å². The molecule has 1 fully saturated rings. The zero-order chi connectivity index (χ0) is 14.8. The first-order chi connectivity index (χ1) is 10.2. The third-order valence-corrected chi connectivity index (χ3v) is 5.96. The molecule has 3 rings (SSSR count). The van der Waals surface area contributed by atoms with E-state index in [0.717, 1.165) is 38.1 Å². The monoisotopic (exact) mass is 304 g/mol. The van der Waals surface area contributed by atoms with E-state index in [4.69, 9.17) is 5.73 Å². The second-order valence-corrected chi connectivity index (χ2v) is 7.46. The molecule has 0 radical (unpaired) electrons. The fourth-order valence-electron chi connectivity index (χ4n) is 3.40. The molecule has 1 amide bonds. The molecule has 2 aliphatic heterocycles. The van der Waals surface area contributed by atoms with E-state index >= 15 is 0 Å². The Bertz CT molecular complexity index is 517. The van der Waals surface area contributed by atoms with Gasteiger partial charge in [-0.25, -0.2) is 0 Å². The third kappa shape index (κ3) is 3.11. The maximum absolute atomic E-state index is 12.9. The number of rotatable bonds is 2. The van der Waals surface area contributed by atoms with Gasteiger partial charge < -0.3 is 10.6 Å². The van der Waals surface area contributed by atoms with E-state index < -0.39 is 0 Å². The van der Waals surface area contributed by atoms with Crippen LogP contribution in [0.1, 0.15) is 36.1 Å². The molecule has 3 nitrogen and oxygen atoms in total. The Morgan fingerprint density at radius 1 is 1.43 bits per heavy atom. The summed E-state index contributed by atoms with van der Waals surface area (Å²) in [5.74, 6) is 1.78. The van der Waals surface area contributed by atoms with Crippen LogP contribution in [-0.4, -0.2) is 35.7 Å². The molecule has 0 bridgehead atoms. The molecule has 0 aliphatic carbocycles. The largest absolute Gasteiger partial charge is 0.341 e. The molecule has 3 atom stereocenters. The summed E-state index contributed by atoms with van der Waals surface area (Å²) in [7, 11) is 0. The van der Waals surface area contributed by atoms with Crippen LogP contribution >= 0.6 is 11.8 Å². The molecule has 2 N–H and O–H groups in total. The zero-order valence-electron chi connectivity index (χ0n) is 12.6. The van der Waals surface area contributed by atoms with Crippen molar-refractivity contribution in [3.8, 4) is 0 Å². The minimum absolute atomic E-state index is 0.0122. The van der Waals surface area contributed by atoms with Crippen LogP contribution in [0.3, 0.4) is 0 Å². The lowest BCUT2D eigenvalue weighted by atomic mass is 9.91. The number of carbonyl (C=O) groups is 1. The van der Waals surface area contributed by atoms with Crippen LogP contribution in [0.5, 0.6) is 0 Å². The maximum Gasteiger partial charge on any atom is 0.240 e. The summed E-state index contributed by atoms with van der Waals surface area (Å²) in [5.41, 5.74) is 8.61. The maximum atomic E-state index is 12.9. The van der Waals surface area contributed by atoms with Crippen molar-refractivity contribution < 1.29 is 4.79 Å². The number of nitrogens with two attached hydrogens (primary N) is 1. The summed E-state index contributed by atoms with van der Waals surface area (Å²) >= 11 is 1.79. The quantitative estimate of drug-likeness (QED) is 0.913. The summed E-state index contributed by atoms with van der Waals surface area (Å²) in [6.07, 6.45) is 3.31. The van der Waals surface area contributed by atoms with Crippen LogP contribution in [-0.2, 0) is 11.2 Å². The summed E-state index contributed by atoms with van der Waals surface area (Å²) < 4.78 is 0. The first-order valence-electron chi connectivity index (χ1n) is 7.90. The molecule has 1 saturated heterocycles. The molecule has 3 unspecified atom stereocenters. The van der Waals surface area contributed by atoms with E-state index in [2.05, 4.69) is 30.0 Å². The van der Waals surface area contributed by atoms with Crippen molar-refractivity contribution in [2.24, 2.45) is 11.7 Å². The topological polar surface area (TPSA) is 46.3 Å². The summed E-state index contributed by atoms with van der Waals surface area (Å²) in [5, 5.41) is -0.0122. The highest BCUT2D eigenvalue weighted by atomic mass is 32.2. The Kier molecular flexibility index (Phi) is 4.55. The van der Waals surface area contributed by atoms with Gasteiger partial charge in [-0.15, -0.1) is 11.8 Å². The molecule has 1 aromatic carbocycles. The van der Waals surface area contributed by atoms with Crippen molar-refractivity contribution in [1.29, 1.82) is 0 Å². The minimum Gasteiger partial charge on any atom is -0.341 e. The zero-order valence-corrected chi connectivity index (χ0v) is 13.4. The van der Waals surface area contributed by atoms with Gasteiger partial charge in [-0.1, -0.05) is 24.3 Å². The van der Waals surface area contributed by atoms with Gasteiger partial charge in [0.2, 0.25) is 5.91 Å². The standard InChI is InChI=1S/C17H24N2OS/c1-12(18)14-6-4-9-19(11-14)17(20)16-15-7-3-2-5-13(15)8-10-21-16/h2-3,5,7,12,14,16H,4,6,8-11,18H2,1H3. The van der Waals surface area contributed by atoms with Crippen molar-refractivity contribution in [3.05, 3.63) is 35.4 Å². The predicted octanol–water partition coefficient (Wildman–Crippen LogP) is 2.60. The molecule has 114 valence electrons. The molecule has 2 heterocycles. The summed E-state index contributed by atoms with van der Waals surface area (Å²) in [6, 6.07) is 8.58. The molecule has 1 aromatic rings. The molecular formula is C17H24N2OS. The normalized spacial score (nSPS) is 27.0. The lowest BCUT2D eigenvalue weighted by Gasteiger charge is -2.37. The van der Waals surface area contributed by atoms with Gasteiger partial charge in [0.25, 0.3) is 0 Å². The Morgan fingerprint density at radius 2 is 2.24 bits per heavy atom. The highest BCUT2D eigenvalue weighted by Crippen LogP contribution is 2.38. The van der Waals surface area contributed by atoms with E-state index in [-0.39, 0.29) is 17.2 Å². The number of thioether (sulfide) groups is 1. The van der Waals surface area contributed by atoms with E-state index in [1.807, 2.05) is 6.07 Å². The van der Waals surface area contributed by atoms with E-state index in [1.165, 1.54) is 11.1 Å². The Balaban J connectivity index is 1.77. The van der Waals surface area contributed by atoms with Gasteiger partial charge in [0.05, 0.1) is 0 Å². The molecule has 0 saturated carbocycles. The number of fused-ring (bicyclic) bond motifs is 1. The number of piperidine rings is 1. The van der Waals surface area contributed by atoms with Gasteiger partial charge in [0, 0.05) is 19.1 Å². The average molecular weight is 304 g/mol. The molecule has 0 spiro atoms. The number of aryl methyl sites for hydroxylation is 1. The second kappa shape index (κ2) is 6.41. The van der Waals surface area contributed by atoms with Crippen molar-refractivity contribution in [2.45, 2.75) is 37.5 Å². The lowest BCUT2D eigenvalue weighted by Crippen LogP contribution is -2.46. The highest BCUT2D eigenvalue weighted by Gasteiger charge is 2.33. The van der Waals surface area contributed by atoms with Gasteiger partial charge in [-0.3, -0.25) is 4.79 Å². The van der Waals surface area contributed by atoms with Crippen molar-refractivity contribution >= 4 is 17.7 Å². The summed E-state index contributed by atoms with van der Waals surface area (Å²) in [6.45, 7) is 3.78. The van der Waals surface area contributed by atoms with Crippen LogP contribution < -0.4 is 5.73 Å². The van der Waals surface area contributed by atoms with Crippen LogP contribution in [0, 0.1) is 5.92 Å². The van der Waals surface area contributed by atoms with Crippen molar-refractivity contribution in [3.63, 3.8) is 0 Å². The number of amides is 1. The lowest BCUT2D eigenvalue weighted by molar-refractivity contribution is -0.132. The number of hydrogen-bond donors (Lipinski definition) is 1. The van der Waals surface area contributed by atoms with E-state index in [9.17, 15) is 4.79 Å². The number of benzene rings is 1. The molecule has 21 heavy (non-hydrogen) atoms. The smallest absolute Gasteiger partial charge is 0.240 e. The third-order valence-electron chi connectivity index (χ3n) is 4.73. The first-order valence-corrected chi connectivity index (χ1v) is 8.95. The average Bonchev–Trinajstić information content (AvgIpc) is 2.53. The fraction of sp³-hybridized carbons (Fsp3) is 0.588. The van der Waals surface area contributed by atoms with Gasteiger partial charge in [-0.2, -0.15) is 0 Å². The van der Waals surface area contributed by atoms with Gasteiger partial charge in [0.15, 0.2) is 0 Å². The Morgan fingerprint density at radius 3 is 3.05 bits per heavy atom. The number of carbonyl (C=O) groups excluding carboxylic acids is 1. The van der Waals surface area contributed by atoms with Crippen LogP contribution in [0.15, 0.2) is 24.3 Å². The number of hydrogen-bond acceptors (Lipinski definition) is 3. The van der Waals surface area contributed by atoms with Crippen molar-refractivity contribution in [2.75, 3.05) is 18.8 Å². The van der Waals surface area contributed by atoms with Gasteiger partial charge in [0.1, 0.15) is 5.25 Å². The molecule has 0 aromatic heterocycles. The molecule has 2 aliphatic rings. The van der Waals surface area contributed by atoms with Gasteiger partial charge in [-0.05, 0) is 49.0 Å². The highest BCUT2D eigenvalue weighted by molar-refractivity contribution is 8.00. The number of nitrogens with zero attached hydrogens (tertiary/aromatic N) is 1. The van der Waals surface area contributed by atoms with Crippen LogP contribution in [0.2, 0.25) is 0 Å². The van der Waals surface area contributed by atoms with Crippen molar-refractivity contribution in [1.82, 2.24) is 4.90 Å². The Labute approximate surface area is 131 Å². The van der Waals surface area contributed by atoms with E-state index in [0.29, 0.717) is 5.92 Å². The molecule has 4 heteroatoms. The molecular weight excluding hydrogens is 280 g/mol. The van der Waals surface area contributed by atoms with Gasteiger partial charge >= 0.3 is 0 Å². The SMILES string of the molecule is CC(N)C1CCCN(C(=O)C2SCCc3ccccc32)C1. The summed E-state index contributed by atoms with van der Waals surface area (Å²) in [4.78, 5) is 15.0. The Hall–Kier alpha value is -1.00. The fourth-order valence-corrected chi connectivity index (χ4v) is 4.68. The number of likely N-dealkylation sites (tertiary alicyclic amines) is 1. The second-order valence-electron chi connectivity index (χ2n) is 6.25. The van der Waals surface area contributed by atoms with Crippen LogP contribution in [0.25, 0.3) is 0 Å².